The van der Waals surface area contributed by atoms with Gasteiger partial charge in [-0.1, -0.05) is 24.3 Å². The quantitative estimate of drug-likeness (QED) is 0.622. The number of hydrogen-bond donors (Lipinski definition) is 0. The summed E-state index contributed by atoms with van der Waals surface area (Å²) >= 11 is 0. The molecule has 0 aliphatic rings. The van der Waals surface area contributed by atoms with Gasteiger partial charge in [-0.25, -0.2) is 0 Å². The molecule has 6 heteroatoms. The second-order valence-electron chi connectivity index (χ2n) is 3.24. The molecule has 16 heavy (non-hydrogen) atoms. The Kier molecular flexibility index (Phi) is 5.88. The average molecular weight is 258 g/mol. The lowest BCUT2D eigenvalue weighted by Gasteiger charge is -2.19. The molecule has 0 heterocycles. The first-order valence-electron chi connectivity index (χ1n) is 4.98. The van der Waals surface area contributed by atoms with Gasteiger partial charge >= 0.3 is 18.6 Å². The van der Waals surface area contributed by atoms with E-state index < -0.39 is 18.6 Å². The smallest absolute Gasteiger partial charge is 0.355 e. The van der Waals surface area contributed by atoms with E-state index >= 15 is 0 Å². The van der Waals surface area contributed by atoms with Gasteiger partial charge in [-0.2, -0.15) is 0 Å². The molecule has 0 spiro atoms. The summed E-state index contributed by atoms with van der Waals surface area (Å²) in [6.07, 6.45) is 0. The third-order valence-electron chi connectivity index (χ3n) is 2.36. The van der Waals surface area contributed by atoms with Crippen molar-refractivity contribution >= 4 is 28.9 Å². The summed E-state index contributed by atoms with van der Waals surface area (Å²) in [5.74, 6) is 0. The molecule has 0 aliphatic heterocycles. The van der Waals surface area contributed by atoms with Crippen LogP contribution in [0.25, 0.3) is 0 Å². The van der Waals surface area contributed by atoms with Crippen LogP contribution in [0.3, 0.4) is 0 Å². The molecule has 0 N–H and O–H groups in total. The zero-order chi connectivity index (χ0) is 12.0. The van der Waals surface area contributed by atoms with Crippen LogP contribution in [0.1, 0.15) is 0 Å². The maximum Gasteiger partial charge on any atom is 0.355 e. The molecule has 1 aromatic rings. The molecule has 4 nitrogen and oxygen atoms in total. The Morgan fingerprint density at radius 1 is 0.688 bits per heavy atom. The molecule has 0 unspecified atom stereocenters. The Morgan fingerprint density at radius 2 is 1.00 bits per heavy atom. The van der Waals surface area contributed by atoms with Crippen LogP contribution >= 0.6 is 0 Å². The molecule has 0 bridgehead atoms. The van der Waals surface area contributed by atoms with Crippen LogP contribution < -0.4 is 10.4 Å². The Hall–Kier alpha value is -0.506. The molecule has 0 amide bonds. The number of rotatable bonds is 6. The van der Waals surface area contributed by atoms with E-state index in [-0.39, 0.29) is 0 Å². The molecular formula is C10H18O4Si2. The fourth-order valence-corrected chi connectivity index (χ4v) is 5.13. The lowest BCUT2D eigenvalue weighted by molar-refractivity contribution is 0.287. The van der Waals surface area contributed by atoms with Crippen LogP contribution in [0.15, 0.2) is 24.3 Å². The zero-order valence-corrected chi connectivity index (χ0v) is 12.4. The minimum absolute atomic E-state index is 1.10. The van der Waals surface area contributed by atoms with Gasteiger partial charge in [0.2, 0.25) is 0 Å². The third-order valence-corrected chi connectivity index (χ3v) is 6.47. The van der Waals surface area contributed by atoms with Crippen molar-refractivity contribution in [1.82, 2.24) is 0 Å². The topological polar surface area (TPSA) is 36.9 Å². The maximum absolute atomic E-state index is 5.39. The largest absolute Gasteiger partial charge is 0.397 e. The monoisotopic (exact) mass is 258 g/mol. The summed E-state index contributed by atoms with van der Waals surface area (Å²) in [6.45, 7) is 0. The zero-order valence-electron chi connectivity index (χ0n) is 10.1. The van der Waals surface area contributed by atoms with Crippen molar-refractivity contribution in [2.45, 2.75) is 0 Å². The predicted octanol–water partition coefficient (Wildman–Crippen LogP) is -0.873. The van der Waals surface area contributed by atoms with Crippen LogP contribution in [-0.4, -0.2) is 47.0 Å². The van der Waals surface area contributed by atoms with E-state index in [0.717, 1.165) is 10.4 Å². The lowest BCUT2D eigenvalue weighted by atomic mass is 10.4. The summed E-state index contributed by atoms with van der Waals surface area (Å²) in [5.41, 5.74) is 0. The van der Waals surface area contributed by atoms with Gasteiger partial charge in [0.25, 0.3) is 0 Å². The van der Waals surface area contributed by atoms with Gasteiger partial charge in [0.05, 0.1) is 0 Å². The Bertz CT molecular complexity index is 282. The third kappa shape index (κ3) is 3.00. The maximum atomic E-state index is 5.39. The molecule has 1 aromatic carbocycles. The average Bonchev–Trinajstić information content (AvgIpc) is 2.34. The standard InChI is InChI=1S/C10H18O4Si2/c1-11-15(12-2)9-7-5-6-8-10(9)16(13-3)14-4/h5-8,15-16H,1-4H3. The predicted molar refractivity (Wildman–Crippen MR) is 68.0 cm³/mol. The highest BCUT2D eigenvalue weighted by Gasteiger charge is 2.24. The van der Waals surface area contributed by atoms with Gasteiger partial charge in [-0.05, 0) is 10.4 Å². The van der Waals surface area contributed by atoms with Crippen molar-refractivity contribution in [2.75, 3.05) is 28.4 Å². The van der Waals surface area contributed by atoms with Crippen LogP contribution in [0.2, 0.25) is 0 Å². The molecule has 0 saturated heterocycles. The molecule has 1 rings (SSSR count). The molecule has 0 fully saturated rings. The van der Waals surface area contributed by atoms with Crippen molar-refractivity contribution in [2.24, 2.45) is 0 Å². The summed E-state index contributed by atoms with van der Waals surface area (Å²) in [6, 6.07) is 8.01. The lowest BCUT2D eigenvalue weighted by Crippen LogP contribution is -2.52. The van der Waals surface area contributed by atoms with Gasteiger partial charge < -0.3 is 17.7 Å². The Labute approximate surface area is 99.8 Å². The summed E-state index contributed by atoms with van der Waals surface area (Å²) in [7, 11) is 3.10. The van der Waals surface area contributed by atoms with Crippen molar-refractivity contribution in [3.8, 4) is 0 Å². The van der Waals surface area contributed by atoms with Crippen molar-refractivity contribution < 1.29 is 17.7 Å². The van der Waals surface area contributed by atoms with E-state index in [9.17, 15) is 0 Å². The van der Waals surface area contributed by atoms with E-state index in [1.807, 2.05) is 24.3 Å². The van der Waals surface area contributed by atoms with Crippen molar-refractivity contribution in [3.63, 3.8) is 0 Å². The molecule has 0 saturated carbocycles. The first-order chi connectivity index (χ1) is 7.78. The van der Waals surface area contributed by atoms with Gasteiger partial charge in [0, 0.05) is 28.4 Å². The molecule has 0 aliphatic carbocycles. The fourth-order valence-electron chi connectivity index (χ4n) is 1.64. The van der Waals surface area contributed by atoms with Crippen LogP contribution in [0.5, 0.6) is 0 Å². The summed E-state index contributed by atoms with van der Waals surface area (Å²) in [5, 5.41) is 2.21. The Balaban J connectivity index is 3.07. The van der Waals surface area contributed by atoms with Crippen molar-refractivity contribution in [3.05, 3.63) is 24.3 Å². The van der Waals surface area contributed by atoms with E-state index in [0.29, 0.717) is 0 Å². The van der Waals surface area contributed by atoms with Gasteiger partial charge in [-0.3, -0.25) is 0 Å². The van der Waals surface area contributed by atoms with Gasteiger partial charge in [0.1, 0.15) is 0 Å². The van der Waals surface area contributed by atoms with Gasteiger partial charge in [0.15, 0.2) is 0 Å². The highest BCUT2D eigenvalue weighted by molar-refractivity contribution is 6.73. The number of hydrogen-bond acceptors (Lipinski definition) is 4. The van der Waals surface area contributed by atoms with E-state index in [4.69, 9.17) is 17.7 Å². The number of benzene rings is 1. The SMILES string of the molecule is CO[SiH](OC)c1ccccc1[SiH](OC)OC. The minimum atomic E-state index is -1.80. The molecular weight excluding hydrogens is 240 g/mol. The highest BCUT2D eigenvalue weighted by atomic mass is 28.3. The summed E-state index contributed by atoms with van der Waals surface area (Å²) < 4.78 is 21.6. The minimum Gasteiger partial charge on any atom is -0.397 e. The molecule has 0 aromatic heterocycles. The normalized spacial score (nSPS) is 11.4. The molecule has 0 atom stereocenters. The summed E-state index contributed by atoms with van der Waals surface area (Å²) in [4.78, 5) is 0. The van der Waals surface area contributed by atoms with Crippen LogP contribution in [0, 0.1) is 0 Å². The van der Waals surface area contributed by atoms with E-state index in [1.54, 1.807) is 28.4 Å². The first-order valence-corrected chi connectivity index (χ1v) is 8.02. The van der Waals surface area contributed by atoms with Crippen LogP contribution in [0.4, 0.5) is 0 Å². The Morgan fingerprint density at radius 3 is 1.25 bits per heavy atom. The van der Waals surface area contributed by atoms with Crippen molar-refractivity contribution in [1.29, 1.82) is 0 Å². The van der Waals surface area contributed by atoms with Gasteiger partial charge in [-0.15, -0.1) is 0 Å². The first kappa shape index (κ1) is 13.6. The molecule has 0 radical (unpaired) electrons. The van der Waals surface area contributed by atoms with Crippen LogP contribution in [-0.2, 0) is 17.7 Å². The van der Waals surface area contributed by atoms with E-state index in [2.05, 4.69) is 0 Å². The molecule has 90 valence electrons. The second-order valence-corrected chi connectivity index (χ2v) is 7.69. The highest BCUT2D eigenvalue weighted by Crippen LogP contribution is 1.93. The second kappa shape index (κ2) is 6.94. The fraction of sp³-hybridized carbons (Fsp3) is 0.400. The van der Waals surface area contributed by atoms with E-state index in [1.165, 1.54) is 0 Å².